The number of benzene rings is 2. The molecule has 7 nitrogen and oxygen atoms in total. The Morgan fingerprint density at radius 1 is 1.06 bits per heavy atom. The molecule has 2 amide bonds. The summed E-state index contributed by atoms with van der Waals surface area (Å²) in [6.45, 7) is 2.81. The van der Waals surface area contributed by atoms with Gasteiger partial charge in [-0.25, -0.2) is 4.98 Å². The number of halogens is 3. The maximum absolute atomic E-state index is 13.3. The number of rotatable bonds is 6. The van der Waals surface area contributed by atoms with Crippen molar-refractivity contribution in [2.45, 2.75) is 26.6 Å². The van der Waals surface area contributed by atoms with E-state index in [0.717, 1.165) is 5.56 Å². The van der Waals surface area contributed by atoms with Crippen LogP contribution in [-0.2, 0) is 11.3 Å². The Morgan fingerprint density at radius 2 is 1.80 bits per heavy atom. The number of carbonyl (C=O) groups is 2. The van der Waals surface area contributed by atoms with Crippen LogP contribution in [0.3, 0.4) is 0 Å². The van der Waals surface area contributed by atoms with Crippen molar-refractivity contribution in [3.05, 3.63) is 77.5 Å². The third kappa shape index (κ3) is 5.16. The van der Waals surface area contributed by atoms with Crippen LogP contribution in [0, 0.1) is 6.92 Å². The minimum atomic E-state index is -4.96. The first-order valence-corrected chi connectivity index (χ1v) is 10.8. The second kappa shape index (κ2) is 9.57. The molecule has 35 heavy (non-hydrogen) atoms. The number of amides is 2. The van der Waals surface area contributed by atoms with E-state index >= 15 is 0 Å². The Hall–Kier alpha value is -4.21. The minimum Gasteiger partial charge on any atom is -0.335 e. The molecule has 2 aromatic heterocycles. The monoisotopic (exact) mass is 482 g/mol. The van der Waals surface area contributed by atoms with E-state index in [1.54, 1.807) is 31.2 Å². The van der Waals surface area contributed by atoms with Crippen molar-refractivity contribution < 1.29 is 27.3 Å². The van der Waals surface area contributed by atoms with E-state index in [0.29, 0.717) is 38.5 Å². The lowest BCUT2D eigenvalue weighted by molar-refractivity contribution is -0.185. The largest absolute Gasteiger partial charge is 0.471 e. The van der Waals surface area contributed by atoms with Gasteiger partial charge in [-0.15, -0.1) is 0 Å². The van der Waals surface area contributed by atoms with Gasteiger partial charge in [0, 0.05) is 24.3 Å². The van der Waals surface area contributed by atoms with Crippen molar-refractivity contribution in [1.29, 1.82) is 0 Å². The highest BCUT2D eigenvalue weighted by Crippen LogP contribution is 2.28. The van der Waals surface area contributed by atoms with E-state index in [2.05, 4.69) is 15.5 Å². The molecule has 0 saturated heterocycles. The number of aryl methyl sites for hydroxylation is 1. The van der Waals surface area contributed by atoms with Crippen molar-refractivity contribution in [2.75, 3.05) is 11.9 Å². The average molecular weight is 482 g/mol. The normalized spacial score (nSPS) is 11.5. The number of anilines is 1. The molecule has 0 bridgehead atoms. The summed E-state index contributed by atoms with van der Waals surface area (Å²) in [5, 5.41) is 7.17. The van der Waals surface area contributed by atoms with Crippen molar-refractivity contribution in [3.63, 3.8) is 0 Å². The highest BCUT2D eigenvalue weighted by atomic mass is 19.4. The van der Waals surface area contributed by atoms with Crippen molar-refractivity contribution >= 4 is 28.6 Å². The number of nitrogens with zero attached hydrogens (tertiary/aromatic N) is 3. The fourth-order valence-electron chi connectivity index (χ4n) is 3.70. The first-order chi connectivity index (χ1) is 16.7. The lowest BCUT2D eigenvalue weighted by atomic mass is 10.0. The third-order valence-electron chi connectivity index (χ3n) is 5.40. The molecule has 0 atom stereocenters. The molecular weight excluding hydrogens is 461 g/mol. The molecule has 0 spiro atoms. The number of fused-ring (bicyclic) bond motifs is 1. The second-order valence-electron chi connectivity index (χ2n) is 7.84. The van der Waals surface area contributed by atoms with E-state index in [-0.39, 0.29) is 18.8 Å². The van der Waals surface area contributed by atoms with E-state index in [4.69, 9.17) is 4.52 Å². The molecule has 0 saturated carbocycles. The molecule has 0 unspecified atom stereocenters. The summed E-state index contributed by atoms with van der Waals surface area (Å²) in [6.07, 6.45) is -4.96. The highest BCUT2D eigenvalue weighted by Gasteiger charge is 2.41. The summed E-state index contributed by atoms with van der Waals surface area (Å²) in [5.74, 6) is -2.37. The van der Waals surface area contributed by atoms with Crippen LogP contribution in [0.1, 0.15) is 28.5 Å². The first kappa shape index (κ1) is 23.9. The van der Waals surface area contributed by atoms with Crippen LogP contribution in [0.4, 0.5) is 18.9 Å². The average Bonchev–Trinajstić information content (AvgIpc) is 3.22. The molecular formula is C25H21F3N4O3. The fourth-order valence-corrected chi connectivity index (χ4v) is 3.70. The highest BCUT2D eigenvalue weighted by molar-refractivity contribution is 6.13. The van der Waals surface area contributed by atoms with Gasteiger partial charge >= 0.3 is 12.1 Å². The van der Waals surface area contributed by atoms with Crippen LogP contribution in [0.15, 0.2) is 65.2 Å². The smallest absolute Gasteiger partial charge is 0.335 e. The van der Waals surface area contributed by atoms with Gasteiger partial charge in [-0.05, 0) is 37.6 Å². The van der Waals surface area contributed by atoms with Gasteiger partial charge in [-0.1, -0.05) is 47.6 Å². The van der Waals surface area contributed by atoms with Gasteiger partial charge < -0.3 is 14.7 Å². The number of nitrogens with one attached hydrogen (secondary N) is 1. The number of carbonyl (C=O) groups excluding carboxylic acids is 2. The van der Waals surface area contributed by atoms with E-state index in [1.807, 2.05) is 30.3 Å². The van der Waals surface area contributed by atoms with Gasteiger partial charge in [0.25, 0.3) is 11.6 Å². The van der Waals surface area contributed by atoms with Gasteiger partial charge in [-0.3, -0.25) is 9.59 Å². The van der Waals surface area contributed by atoms with Gasteiger partial charge in [0.1, 0.15) is 0 Å². The van der Waals surface area contributed by atoms with E-state index in [9.17, 15) is 22.8 Å². The lowest BCUT2D eigenvalue weighted by Gasteiger charge is -2.22. The zero-order valence-corrected chi connectivity index (χ0v) is 18.9. The molecule has 2 aromatic carbocycles. The summed E-state index contributed by atoms with van der Waals surface area (Å²) < 4.78 is 43.9. The molecule has 2 heterocycles. The zero-order chi connectivity index (χ0) is 25.2. The fraction of sp³-hybridized carbons (Fsp3) is 0.200. The molecule has 0 radical (unpaired) electrons. The molecule has 0 fully saturated rings. The van der Waals surface area contributed by atoms with Crippen molar-refractivity contribution in [2.24, 2.45) is 0 Å². The number of hydrogen-bond donors (Lipinski definition) is 1. The van der Waals surface area contributed by atoms with Crippen molar-refractivity contribution in [3.8, 4) is 11.3 Å². The minimum absolute atomic E-state index is 0.112. The van der Waals surface area contributed by atoms with Gasteiger partial charge in [0.05, 0.1) is 22.3 Å². The number of alkyl halides is 3. The molecule has 0 aliphatic rings. The van der Waals surface area contributed by atoms with Crippen LogP contribution in [0.25, 0.3) is 22.4 Å². The molecule has 0 aliphatic heterocycles. The molecule has 4 aromatic rings. The lowest BCUT2D eigenvalue weighted by Crippen LogP contribution is -2.40. The van der Waals surface area contributed by atoms with Gasteiger partial charge in [0.2, 0.25) is 0 Å². The third-order valence-corrected chi connectivity index (χ3v) is 5.40. The Kier molecular flexibility index (Phi) is 6.54. The number of hydrogen-bond acceptors (Lipinski definition) is 5. The standard InChI is InChI=1S/C25H21F3N4O3/c1-3-32(24(34)25(26,27)28)14-16-8-7-11-18(12-16)29-22(33)19-13-20(17-9-5-4-6-10-17)30-23-21(19)15(2)31-35-23/h4-13H,3,14H2,1-2H3,(H,29,33). The van der Waals surface area contributed by atoms with Crippen molar-refractivity contribution in [1.82, 2.24) is 15.0 Å². The predicted molar refractivity (Wildman–Crippen MR) is 124 cm³/mol. The van der Waals surface area contributed by atoms with Crippen LogP contribution < -0.4 is 5.32 Å². The SMILES string of the molecule is CCN(Cc1cccc(NC(=O)c2cc(-c3ccccc3)nc3onc(C)c23)c1)C(=O)C(F)(F)F. The predicted octanol–water partition coefficient (Wildman–Crippen LogP) is 5.36. The molecule has 180 valence electrons. The summed E-state index contributed by atoms with van der Waals surface area (Å²) in [6, 6.07) is 17.2. The Balaban J connectivity index is 1.63. The topological polar surface area (TPSA) is 88.3 Å². The molecule has 10 heteroatoms. The second-order valence-corrected chi connectivity index (χ2v) is 7.84. The van der Waals surface area contributed by atoms with E-state index < -0.39 is 18.0 Å². The molecule has 4 rings (SSSR count). The Morgan fingerprint density at radius 3 is 2.49 bits per heavy atom. The van der Waals surface area contributed by atoms with E-state index in [1.165, 1.54) is 13.0 Å². The summed E-state index contributed by atoms with van der Waals surface area (Å²) >= 11 is 0. The number of pyridine rings is 1. The van der Waals surface area contributed by atoms with Crippen LogP contribution >= 0.6 is 0 Å². The summed E-state index contributed by atoms with van der Waals surface area (Å²) in [4.78, 5) is 30.1. The van der Waals surface area contributed by atoms with Gasteiger partial charge in [0.15, 0.2) is 0 Å². The summed E-state index contributed by atoms with van der Waals surface area (Å²) in [7, 11) is 0. The molecule has 1 N–H and O–H groups in total. The Labute approximate surface area is 198 Å². The summed E-state index contributed by atoms with van der Waals surface area (Å²) in [5.41, 5.74) is 3.12. The zero-order valence-electron chi connectivity index (χ0n) is 18.9. The van der Waals surface area contributed by atoms with Crippen LogP contribution in [-0.4, -0.2) is 39.6 Å². The maximum Gasteiger partial charge on any atom is 0.471 e. The van der Waals surface area contributed by atoms with Crippen LogP contribution in [0.2, 0.25) is 0 Å². The number of aromatic nitrogens is 2. The quantitative estimate of drug-likeness (QED) is 0.400. The van der Waals surface area contributed by atoms with Crippen LogP contribution in [0.5, 0.6) is 0 Å². The van der Waals surface area contributed by atoms with Gasteiger partial charge in [-0.2, -0.15) is 13.2 Å². The molecule has 0 aliphatic carbocycles. The maximum atomic E-state index is 13.3. The first-order valence-electron chi connectivity index (χ1n) is 10.8. The Bertz CT molecular complexity index is 1380.